The van der Waals surface area contributed by atoms with Gasteiger partial charge in [0.2, 0.25) is 0 Å². The fourth-order valence-electron chi connectivity index (χ4n) is 2.57. The third kappa shape index (κ3) is 5.66. The summed E-state index contributed by atoms with van der Waals surface area (Å²) in [7, 11) is 1.69. The Morgan fingerprint density at radius 3 is 2.09 bits per heavy atom. The molecule has 0 radical (unpaired) electrons. The molecule has 0 spiro atoms. The highest BCUT2D eigenvalue weighted by Gasteiger charge is 2.20. The highest BCUT2D eigenvalue weighted by atomic mass is 16.5. The lowest BCUT2D eigenvalue weighted by molar-refractivity contribution is 0.168. The van der Waals surface area contributed by atoms with Gasteiger partial charge in [-0.2, -0.15) is 0 Å². The van der Waals surface area contributed by atoms with Crippen molar-refractivity contribution < 1.29 is 4.74 Å². The van der Waals surface area contributed by atoms with Crippen molar-refractivity contribution in [1.29, 1.82) is 0 Å². The predicted molar refractivity (Wildman–Crippen MR) is 94.2 cm³/mol. The maximum atomic E-state index is 5.93. The van der Waals surface area contributed by atoms with Crippen LogP contribution in [0.5, 0.6) is 5.75 Å². The van der Waals surface area contributed by atoms with Crippen LogP contribution in [0.4, 0.5) is 0 Å². The van der Waals surface area contributed by atoms with Crippen LogP contribution in [0.15, 0.2) is 48.8 Å². The molecule has 124 valence electrons. The third-order valence-electron chi connectivity index (χ3n) is 3.92. The van der Waals surface area contributed by atoms with Crippen LogP contribution in [0.1, 0.15) is 25.0 Å². The van der Waals surface area contributed by atoms with E-state index in [4.69, 9.17) is 10.5 Å². The van der Waals surface area contributed by atoms with Crippen LogP contribution in [-0.2, 0) is 13.1 Å². The van der Waals surface area contributed by atoms with Gasteiger partial charge in [0.05, 0.1) is 7.11 Å². The average Bonchev–Trinajstić information content (AvgIpc) is 2.56. The first-order valence-electron chi connectivity index (χ1n) is 7.97. The van der Waals surface area contributed by atoms with E-state index >= 15 is 0 Å². The summed E-state index contributed by atoms with van der Waals surface area (Å²) >= 11 is 0. The van der Waals surface area contributed by atoms with Crippen molar-refractivity contribution in [3.63, 3.8) is 0 Å². The summed E-state index contributed by atoms with van der Waals surface area (Å²) in [5.41, 5.74) is 8.55. The Morgan fingerprint density at radius 2 is 1.57 bits per heavy atom. The minimum atomic E-state index is 0.0828. The zero-order valence-corrected chi connectivity index (χ0v) is 14.3. The largest absolute Gasteiger partial charge is 0.497 e. The Bertz CT molecular complexity index is 581. The van der Waals surface area contributed by atoms with E-state index in [1.54, 1.807) is 7.11 Å². The molecule has 1 aromatic heterocycles. The molecule has 0 bridgehead atoms. The van der Waals surface area contributed by atoms with E-state index in [2.05, 4.69) is 48.0 Å². The molecule has 1 heterocycles. The smallest absolute Gasteiger partial charge is 0.118 e. The standard InChI is InChI=1S/C19H27N3O/c1-19(2,14-20)15-22(13-17-8-10-21-11-9-17)12-16-4-6-18(23-3)7-5-16/h4-11H,12-15,20H2,1-3H3. The zero-order valence-electron chi connectivity index (χ0n) is 14.3. The van der Waals surface area contributed by atoms with Gasteiger partial charge in [-0.05, 0) is 47.4 Å². The first-order valence-corrected chi connectivity index (χ1v) is 7.97. The van der Waals surface area contributed by atoms with E-state index in [-0.39, 0.29) is 5.41 Å². The maximum Gasteiger partial charge on any atom is 0.118 e. The second-order valence-corrected chi connectivity index (χ2v) is 6.72. The molecule has 0 saturated heterocycles. The predicted octanol–water partition coefficient (Wildman–Crippen LogP) is 3.08. The number of hydrogen-bond acceptors (Lipinski definition) is 4. The molecule has 2 rings (SSSR count). The number of nitrogens with zero attached hydrogens (tertiary/aromatic N) is 2. The van der Waals surface area contributed by atoms with Crippen molar-refractivity contribution >= 4 is 0 Å². The molecule has 0 amide bonds. The molecule has 0 aliphatic rings. The Kier molecular flexibility index (Phi) is 6.13. The van der Waals surface area contributed by atoms with Gasteiger partial charge in [0.15, 0.2) is 0 Å². The molecule has 1 aromatic carbocycles. The number of benzene rings is 1. The fourth-order valence-corrected chi connectivity index (χ4v) is 2.57. The molecule has 0 atom stereocenters. The van der Waals surface area contributed by atoms with Crippen LogP contribution in [0.2, 0.25) is 0 Å². The lowest BCUT2D eigenvalue weighted by Gasteiger charge is -2.32. The lowest BCUT2D eigenvalue weighted by Crippen LogP contribution is -2.38. The minimum Gasteiger partial charge on any atom is -0.497 e. The van der Waals surface area contributed by atoms with Crippen LogP contribution in [0.25, 0.3) is 0 Å². The number of aromatic nitrogens is 1. The maximum absolute atomic E-state index is 5.93. The number of pyridine rings is 1. The molecule has 0 unspecified atom stereocenters. The van der Waals surface area contributed by atoms with Crippen LogP contribution in [0.3, 0.4) is 0 Å². The molecule has 0 fully saturated rings. The molecule has 0 aliphatic heterocycles. The van der Waals surface area contributed by atoms with E-state index in [0.717, 1.165) is 25.4 Å². The number of ether oxygens (including phenoxy) is 1. The van der Waals surface area contributed by atoms with Crippen LogP contribution < -0.4 is 10.5 Å². The summed E-state index contributed by atoms with van der Waals surface area (Å²) in [6.07, 6.45) is 3.68. The monoisotopic (exact) mass is 313 g/mol. The molecule has 2 N–H and O–H groups in total. The van der Waals surface area contributed by atoms with E-state index in [0.29, 0.717) is 6.54 Å². The first-order chi connectivity index (χ1) is 11.0. The second kappa shape index (κ2) is 8.09. The number of nitrogens with two attached hydrogens (primary N) is 1. The van der Waals surface area contributed by atoms with Gasteiger partial charge >= 0.3 is 0 Å². The molecular formula is C19H27N3O. The molecule has 4 nitrogen and oxygen atoms in total. The highest BCUT2D eigenvalue weighted by molar-refractivity contribution is 5.27. The van der Waals surface area contributed by atoms with Crippen LogP contribution in [0, 0.1) is 5.41 Å². The van der Waals surface area contributed by atoms with Crippen molar-refractivity contribution in [2.24, 2.45) is 11.1 Å². The van der Waals surface area contributed by atoms with Crippen LogP contribution >= 0.6 is 0 Å². The summed E-state index contributed by atoms with van der Waals surface area (Å²) in [4.78, 5) is 6.53. The van der Waals surface area contributed by atoms with Gasteiger partial charge in [0.25, 0.3) is 0 Å². The second-order valence-electron chi connectivity index (χ2n) is 6.72. The van der Waals surface area contributed by atoms with Gasteiger partial charge < -0.3 is 10.5 Å². The Labute approximate surface area is 139 Å². The van der Waals surface area contributed by atoms with E-state index < -0.39 is 0 Å². The van der Waals surface area contributed by atoms with Crippen molar-refractivity contribution in [2.75, 3.05) is 20.2 Å². The molecule has 4 heteroatoms. The summed E-state index contributed by atoms with van der Waals surface area (Å²) < 4.78 is 5.23. The zero-order chi connectivity index (χ0) is 16.7. The Balaban J connectivity index is 2.11. The normalized spacial score (nSPS) is 11.7. The molecular weight excluding hydrogens is 286 g/mol. The number of rotatable bonds is 8. The van der Waals surface area contributed by atoms with Crippen molar-refractivity contribution in [2.45, 2.75) is 26.9 Å². The fraction of sp³-hybridized carbons (Fsp3) is 0.421. The quantitative estimate of drug-likeness (QED) is 0.814. The number of methoxy groups -OCH3 is 1. The molecule has 2 aromatic rings. The number of hydrogen-bond donors (Lipinski definition) is 1. The van der Waals surface area contributed by atoms with Gasteiger partial charge in [-0.25, -0.2) is 0 Å². The minimum absolute atomic E-state index is 0.0828. The van der Waals surface area contributed by atoms with Crippen molar-refractivity contribution in [1.82, 2.24) is 9.88 Å². The SMILES string of the molecule is COc1ccc(CN(Cc2ccncc2)CC(C)(C)CN)cc1. The van der Waals surface area contributed by atoms with Gasteiger partial charge in [-0.15, -0.1) is 0 Å². The Morgan fingerprint density at radius 1 is 1.00 bits per heavy atom. The molecule has 0 saturated carbocycles. The first kappa shape index (κ1) is 17.4. The topological polar surface area (TPSA) is 51.4 Å². The van der Waals surface area contributed by atoms with Gasteiger partial charge in [0.1, 0.15) is 5.75 Å². The molecule has 23 heavy (non-hydrogen) atoms. The Hall–Kier alpha value is -1.91. The average molecular weight is 313 g/mol. The van der Waals surface area contributed by atoms with Gasteiger partial charge in [-0.1, -0.05) is 26.0 Å². The summed E-state index contributed by atoms with van der Waals surface area (Å²) in [5, 5.41) is 0. The van der Waals surface area contributed by atoms with E-state index in [9.17, 15) is 0 Å². The summed E-state index contributed by atoms with van der Waals surface area (Å²) in [6, 6.07) is 12.4. The van der Waals surface area contributed by atoms with E-state index in [1.807, 2.05) is 24.5 Å². The lowest BCUT2D eigenvalue weighted by atomic mass is 9.92. The summed E-state index contributed by atoms with van der Waals surface area (Å²) in [6.45, 7) is 7.80. The van der Waals surface area contributed by atoms with E-state index in [1.165, 1.54) is 11.1 Å². The van der Waals surface area contributed by atoms with Crippen LogP contribution in [-0.4, -0.2) is 30.1 Å². The third-order valence-corrected chi connectivity index (χ3v) is 3.92. The van der Waals surface area contributed by atoms with Crippen molar-refractivity contribution in [3.05, 3.63) is 59.9 Å². The summed E-state index contributed by atoms with van der Waals surface area (Å²) in [5.74, 6) is 0.886. The molecule has 0 aliphatic carbocycles. The van der Waals surface area contributed by atoms with Gasteiger partial charge in [0, 0.05) is 32.0 Å². The highest BCUT2D eigenvalue weighted by Crippen LogP contribution is 2.20. The van der Waals surface area contributed by atoms with Gasteiger partial charge in [-0.3, -0.25) is 9.88 Å². The van der Waals surface area contributed by atoms with Crippen molar-refractivity contribution in [3.8, 4) is 5.75 Å².